The van der Waals surface area contributed by atoms with E-state index in [9.17, 15) is 0 Å². The van der Waals surface area contributed by atoms with Crippen molar-refractivity contribution >= 4 is 39.1 Å². The fourth-order valence-electron chi connectivity index (χ4n) is 1.60. The molecule has 2 rings (SSSR count). The summed E-state index contributed by atoms with van der Waals surface area (Å²) >= 11 is 15.9. The lowest BCUT2D eigenvalue weighted by Crippen LogP contribution is -1.93. The molecule has 0 aromatic heterocycles. The number of aryl methyl sites for hydroxylation is 1. The maximum absolute atomic E-state index is 6.43. The van der Waals surface area contributed by atoms with E-state index in [0.29, 0.717) is 5.02 Å². The van der Waals surface area contributed by atoms with Crippen molar-refractivity contribution in [3.63, 3.8) is 0 Å². The summed E-state index contributed by atoms with van der Waals surface area (Å²) in [6.07, 6.45) is 0. The molecular formula is C14H11BrCl2. The van der Waals surface area contributed by atoms with Crippen molar-refractivity contribution < 1.29 is 0 Å². The third kappa shape index (κ3) is 3.04. The lowest BCUT2D eigenvalue weighted by molar-refractivity contribution is 1.13. The summed E-state index contributed by atoms with van der Waals surface area (Å²) in [6.45, 7) is 2.06. The Morgan fingerprint density at radius 2 is 1.59 bits per heavy atom. The Balaban J connectivity index is 2.33. The van der Waals surface area contributed by atoms with Crippen LogP contribution in [0.2, 0.25) is 5.02 Å². The van der Waals surface area contributed by atoms with E-state index in [1.165, 1.54) is 5.56 Å². The fraction of sp³-hybridized carbons (Fsp3) is 0.143. The van der Waals surface area contributed by atoms with Crippen molar-refractivity contribution in [2.45, 2.75) is 12.3 Å². The molecule has 17 heavy (non-hydrogen) atoms. The molecule has 2 aromatic rings. The second-order valence-electron chi connectivity index (χ2n) is 3.95. The van der Waals surface area contributed by atoms with Crippen LogP contribution < -0.4 is 0 Å². The smallest absolute Gasteiger partial charge is 0.0835 e. The highest BCUT2D eigenvalue weighted by atomic mass is 79.9. The van der Waals surface area contributed by atoms with Crippen LogP contribution in [0.4, 0.5) is 0 Å². The minimum atomic E-state index is -0.166. The summed E-state index contributed by atoms with van der Waals surface area (Å²) in [5.74, 6) is 0. The molecule has 88 valence electrons. The predicted molar refractivity (Wildman–Crippen MR) is 78.0 cm³/mol. The molecule has 3 heteroatoms. The van der Waals surface area contributed by atoms with Gasteiger partial charge in [0.05, 0.1) is 10.4 Å². The molecule has 0 aliphatic rings. The maximum atomic E-state index is 6.43. The van der Waals surface area contributed by atoms with E-state index in [1.807, 2.05) is 30.3 Å². The van der Waals surface area contributed by atoms with Gasteiger partial charge in [-0.3, -0.25) is 0 Å². The minimum Gasteiger partial charge on any atom is -0.113 e. The molecular weight excluding hydrogens is 319 g/mol. The summed E-state index contributed by atoms with van der Waals surface area (Å²) in [5, 5.41) is 0.515. The van der Waals surface area contributed by atoms with Crippen LogP contribution in [0.5, 0.6) is 0 Å². The lowest BCUT2D eigenvalue weighted by Gasteiger charge is -2.11. The third-order valence-electron chi connectivity index (χ3n) is 2.61. The van der Waals surface area contributed by atoms with Crippen molar-refractivity contribution in [2.75, 3.05) is 0 Å². The number of hydrogen-bond acceptors (Lipinski definition) is 0. The molecule has 0 saturated heterocycles. The molecule has 0 aliphatic heterocycles. The van der Waals surface area contributed by atoms with E-state index >= 15 is 0 Å². The van der Waals surface area contributed by atoms with Crippen LogP contribution in [0.1, 0.15) is 22.1 Å². The topological polar surface area (TPSA) is 0 Å². The van der Waals surface area contributed by atoms with Gasteiger partial charge in [0.2, 0.25) is 0 Å². The average Bonchev–Trinajstić information content (AvgIpc) is 2.33. The first kappa shape index (κ1) is 12.9. The second-order valence-corrected chi connectivity index (χ2v) is 5.64. The quantitative estimate of drug-likeness (QED) is 0.616. The highest BCUT2D eigenvalue weighted by Gasteiger charge is 2.11. The molecule has 0 heterocycles. The Morgan fingerprint density at radius 3 is 2.18 bits per heavy atom. The van der Waals surface area contributed by atoms with Gasteiger partial charge in [-0.15, -0.1) is 11.6 Å². The van der Waals surface area contributed by atoms with Gasteiger partial charge >= 0.3 is 0 Å². The van der Waals surface area contributed by atoms with Gasteiger partial charge in [0.1, 0.15) is 0 Å². The normalized spacial score (nSPS) is 12.5. The lowest BCUT2D eigenvalue weighted by atomic mass is 10.0. The van der Waals surface area contributed by atoms with Crippen LogP contribution in [0.15, 0.2) is 46.9 Å². The van der Waals surface area contributed by atoms with Gasteiger partial charge in [0, 0.05) is 4.47 Å². The van der Waals surface area contributed by atoms with Crippen LogP contribution >= 0.6 is 39.1 Å². The van der Waals surface area contributed by atoms with Gasteiger partial charge in [-0.05, 0) is 46.1 Å². The van der Waals surface area contributed by atoms with Gasteiger partial charge in [-0.2, -0.15) is 0 Å². The predicted octanol–water partition coefficient (Wildman–Crippen LogP) is 5.74. The summed E-state index contributed by atoms with van der Waals surface area (Å²) in [6, 6.07) is 14.0. The first-order valence-corrected chi connectivity index (χ1v) is 6.84. The molecule has 0 radical (unpaired) electrons. The van der Waals surface area contributed by atoms with Crippen LogP contribution in [-0.4, -0.2) is 0 Å². The van der Waals surface area contributed by atoms with Gasteiger partial charge in [-0.1, -0.05) is 47.5 Å². The van der Waals surface area contributed by atoms with E-state index in [4.69, 9.17) is 23.2 Å². The van der Waals surface area contributed by atoms with Crippen LogP contribution in [0.3, 0.4) is 0 Å². The monoisotopic (exact) mass is 328 g/mol. The Kier molecular flexibility index (Phi) is 4.13. The molecule has 0 fully saturated rings. The average molecular weight is 330 g/mol. The first-order chi connectivity index (χ1) is 8.08. The van der Waals surface area contributed by atoms with Gasteiger partial charge < -0.3 is 0 Å². The number of halogens is 3. The fourth-order valence-corrected chi connectivity index (χ4v) is 2.31. The van der Waals surface area contributed by atoms with Crippen LogP contribution in [0.25, 0.3) is 0 Å². The van der Waals surface area contributed by atoms with Crippen LogP contribution in [-0.2, 0) is 0 Å². The molecule has 0 amide bonds. The number of rotatable bonds is 2. The molecule has 0 aliphatic carbocycles. The number of alkyl halides is 1. The zero-order chi connectivity index (χ0) is 12.4. The third-order valence-corrected chi connectivity index (χ3v) is 4.34. The number of benzene rings is 2. The maximum Gasteiger partial charge on any atom is 0.0835 e. The Morgan fingerprint density at radius 1 is 1.00 bits per heavy atom. The van der Waals surface area contributed by atoms with Gasteiger partial charge in [0.25, 0.3) is 0 Å². The summed E-state index contributed by atoms with van der Waals surface area (Å²) in [5.41, 5.74) is 3.31. The van der Waals surface area contributed by atoms with Crippen LogP contribution in [0, 0.1) is 6.92 Å². The van der Waals surface area contributed by atoms with Crippen molar-refractivity contribution in [2.24, 2.45) is 0 Å². The molecule has 1 atom stereocenters. The summed E-state index contributed by atoms with van der Waals surface area (Å²) in [7, 11) is 0. The van der Waals surface area contributed by atoms with Crippen molar-refractivity contribution in [3.05, 3.63) is 68.7 Å². The SMILES string of the molecule is Cc1ccc(C(Cl)c2ccc(Br)c(Cl)c2)cc1. The molecule has 0 bridgehead atoms. The van der Waals surface area contributed by atoms with Gasteiger partial charge in [0.15, 0.2) is 0 Å². The van der Waals surface area contributed by atoms with Gasteiger partial charge in [-0.25, -0.2) is 0 Å². The number of hydrogen-bond donors (Lipinski definition) is 0. The van der Waals surface area contributed by atoms with E-state index < -0.39 is 0 Å². The Labute approximate surface area is 120 Å². The molecule has 1 unspecified atom stereocenters. The largest absolute Gasteiger partial charge is 0.113 e. The van der Waals surface area contributed by atoms with E-state index in [2.05, 4.69) is 35.0 Å². The minimum absolute atomic E-state index is 0.166. The summed E-state index contributed by atoms with van der Waals surface area (Å²) < 4.78 is 0.885. The zero-order valence-electron chi connectivity index (χ0n) is 9.25. The molecule has 0 spiro atoms. The van der Waals surface area contributed by atoms with E-state index in [0.717, 1.165) is 15.6 Å². The first-order valence-electron chi connectivity index (χ1n) is 5.23. The van der Waals surface area contributed by atoms with E-state index in [1.54, 1.807) is 0 Å². The van der Waals surface area contributed by atoms with E-state index in [-0.39, 0.29) is 5.38 Å². The van der Waals surface area contributed by atoms with Crippen molar-refractivity contribution in [1.82, 2.24) is 0 Å². The molecule has 0 saturated carbocycles. The Hall–Kier alpha value is -0.500. The van der Waals surface area contributed by atoms with Crippen molar-refractivity contribution in [1.29, 1.82) is 0 Å². The summed E-state index contributed by atoms with van der Waals surface area (Å²) in [4.78, 5) is 0. The highest BCUT2D eigenvalue weighted by molar-refractivity contribution is 9.10. The molecule has 0 N–H and O–H groups in total. The zero-order valence-corrected chi connectivity index (χ0v) is 12.4. The molecule has 0 nitrogen and oxygen atoms in total. The molecule has 2 aromatic carbocycles. The highest BCUT2D eigenvalue weighted by Crippen LogP contribution is 2.33. The standard InChI is InChI=1S/C14H11BrCl2/c1-9-2-4-10(5-3-9)14(17)11-6-7-12(15)13(16)8-11/h2-8,14H,1H3. The van der Waals surface area contributed by atoms with Crippen molar-refractivity contribution in [3.8, 4) is 0 Å². The Bertz CT molecular complexity index is 520. The second kappa shape index (κ2) is 5.43.